The number of halogens is 1. The fourth-order valence-electron chi connectivity index (χ4n) is 6.00. The molecule has 0 aromatic heterocycles. The van der Waals surface area contributed by atoms with E-state index in [0.29, 0.717) is 24.3 Å². The van der Waals surface area contributed by atoms with Gasteiger partial charge in [-0.15, -0.1) is 0 Å². The van der Waals surface area contributed by atoms with Gasteiger partial charge in [-0.1, -0.05) is 62.7 Å². The van der Waals surface area contributed by atoms with Crippen LogP contribution >= 0.6 is 0 Å². The third-order valence-corrected chi connectivity index (χ3v) is 8.11. The van der Waals surface area contributed by atoms with Crippen LogP contribution in [0, 0.1) is 34.9 Å². The number of nitrogens with zero attached hydrogens (tertiary/aromatic N) is 2. The van der Waals surface area contributed by atoms with E-state index in [-0.39, 0.29) is 5.56 Å². The van der Waals surface area contributed by atoms with Gasteiger partial charge in [-0.3, -0.25) is 4.79 Å². The van der Waals surface area contributed by atoms with Crippen molar-refractivity contribution in [3.63, 3.8) is 0 Å². The van der Waals surface area contributed by atoms with E-state index < -0.39 is 17.8 Å². The molecule has 212 valence electrons. The maximum absolute atomic E-state index is 13.8. The van der Waals surface area contributed by atoms with Crippen molar-refractivity contribution in [3.05, 3.63) is 71.5 Å². The van der Waals surface area contributed by atoms with Gasteiger partial charge in [-0.25, -0.2) is 4.39 Å². The number of piperidine rings is 1. The number of carbonyl (C=O) groups is 1. The van der Waals surface area contributed by atoms with E-state index in [9.17, 15) is 14.3 Å². The van der Waals surface area contributed by atoms with Crippen molar-refractivity contribution in [2.75, 3.05) is 19.6 Å². The molecule has 0 amide bonds. The van der Waals surface area contributed by atoms with Crippen LogP contribution in [0.1, 0.15) is 76.3 Å². The second-order valence-electron chi connectivity index (χ2n) is 11.8. The number of aryl methyl sites for hydroxylation is 1. The van der Waals surface area contributed by atoms with Crippen LogP contribution in [0.5, 0.6) is 0 Å². The second-order valence-corrected chi connectivity index (χ2v) is 11.8. The van der Waals surface area contributed by atoms with E-state index in [1.165, 1.54) is 31.7 Å². The number of carboxylic acid groups (broad SMARTS) is 1. The van der Waals surface area contributed by atoms with E-state index in [1.54, 1.807) is 6.07 Å². The molecule has 0 spiro atoms. The van der Waals surface area contributed by atoms with Crippen LogP contribution in [0.15, 0.2) is 54.6 Å². The lowest BCUT2D eigenvalue weighted by Crippen LogP contribution is -2.43. The molecule has 1 aliphatic carbocycles. The summed E-state index contributed by atoms with van der Waals surface area (Å²) in [6.45, 7) is 7.58. The lowest BCUT2D eigenvalue weighted by Gasteiger charge is -2.33. The van der Waals surface area contributed by atoms with Crippen molar-refractivity contribution in [1.82, 2.24) is 10.2 Å². The van der Waals surface area contributed by atoms with Crippen LogP contribution in [-0.4, -0.2) is 47.7 Å². The Bertz CT molecular complexity index is 1000. The summed E-state index contributed by atoms with van der Waals surface area (Å²) in [5.41, 5.74) is 1.10. The van der Waals surface area contributed by atoms with E-state index in [2.05, 4.69) is 24.1 Å². The standard InChI is InChI=1S/C27H40FN3O2.C6H6/c1-19(2)14-26(27(32)33)30-24-9-7-22(15-24)18-31-12-10-20(11-13-31)4-3-5-21-6-8-23(17-29)25(28)16-21;1-2-4-6-5-3-1/h6,8,16,19-20,22,24,26,30H,3-5,7,9-15,18H2,1-2H3,(H,32,33);1-6H. The van der Waals surface area contributed by atoms with Crippen molar-refractivity contribution >= 4 is 5.97 Å². The molecule has 1 saturated heterocycles. The van der Waals surface area contributed by atoms with Gasteiger partial charge in [0.2, 0.25) is 0 Å². The van der Waals surface area contributed by atoms with Crippen molar-refractivity contribution < 1.29 is 14.3 Å². The summed E-state index contributed by atoms with van der Waals surface area (Å²) in [7, 11) is 0. The van der Waals surface area contributed by atoms with E-state index in [4.69, 9.17) is 5.26 Å². The summed E-state index contributed by atoms with van der Waals surface area (Å²) in [5, 5.41) is 21.7. The van der Waals surface area contributed by atoms with Gasteiger partial charge in [0.15, 0.2) is 0 Å². The highest BCUT2D eigenvalue weighted by atomic mass is 19.1. The molecule has 4 rings (SSSR count). The molecular formula is C33H46FN3O2. The number of benzene rings is 2. The zero-order valence-corrected chi connectivity index (χ0v) is 23.7. The summed E-state index contributed by atoms with van der Waals surface area (Å²) < 4.78 is 13.8. The van der Waals surface area contributed by atoms with Crippen molar-refractivity contribution in [3.8, 4) is 6.07 Å². The minimum absolute atomic E-state index is 0.118. The first kappa shape index (κ1) is 30.8. The van der Waals surface area contributed by atoms with Crippen molar-refractivity contribution in [1.29, 1.82) is 5.26 Å². The Hall–Kier alpha value is -2.75. The Kier molecular flexibility index (Phi) is 12.9. The average molecular weight is 536 g/mol. The number of nitriles is 1. The Morgan fingerprint density at radius 3 is 2.31 bits per heavy atom. The maximum Gasteiger partial charge on any atom is 0.320 e. The van der Waals surface area contributed by atoms with Crippen LogP contribution in [0.4, 0.5) is 4.39 Å². The molecule has 0 bridgehead atoms. The van der Waals surface area contributed by atoms with Gasteiger partial charge in [0, 0.05) is 12.6 Å². The monoisotopic (exact) mass is 535 g/mol. The quantitative estimate of drug-likeness (QED) is 0.336. The highest BCUT2D eigenvalue weighted by Crippen LogP contribution is 2.30. The molecule has 2 aromatic carbocycles. The van der Waals surface area contributed by atoms with Gasteiger partial charge in [0.1, 0.15) is 17.9 Å². The van der Waals surface area contributed by atoms with Gasteiger partial charge >= 0.3 is 5.97 Å². The summed E-state index contributed by atoms with van der Waals surface area (Å²) in [6.07, 6.45) is 9.61. The van der Waals surface area contributed by atoms with Gasteiger partial charge < -0.3 is 15.3 Å². The summed E-state index contributed by atoms with van der Waals surface area (Å²) in [5.74, 6) is 0.653. The van der Waals surface area contributed by atoms with Crippen LogP contribution in [0.3, 0.4) is 0 Å². The van der Waals surface area contributed by atoms with E-state index in [1.807, 2.05) is 48.5 Å². The zero-order valence-electron chi connectivity index (χ0n) is 23.7. The third kappa shape index (κ3) is 11.1. The maximum atomic E-state index is 13.8. The molecule has 39 heavy (non-hydrogen) atoms. The molecule has 2 N–H and O–H groups in total. The highest BCUT2D eigenvalue weighted by Gasteiger charge is 2.31. The molecular weight excluding hydrogens is 489 g/mol. The number of carboxylic acids is 1. The molecule has 6 heteroatoms. The third-order valence-electron chi connectivity index (χ3n) is 8.11. The number of hydrogen-bond acceptors (Lipinski definition) is 4. The first-order valence-electron chi connectivity index (χ1n) is 14.7. The molecule has 1 heterocycles. The summed E-state index contributed by atoms with van der Waals surface area (Å²) in [6, 6.07) is 18.7. The van der Waals surface area contributed by atoms with Gasteiger partial charge in [-0.05, 0) is 99.9 Å². The smallest absolute Gasteiger partial charge is 0.320 e. The Morgan fingerprint density at radius 2 is 1.74 bits per heavy atom. The van der Waals surface area contributed by atoms with E-state index in [0.717, 1.165) is 56.8 Å². The topological polar surface area (TPSA) is 76.4 Å². The van der Waals surface area contributed by atoms with Gasteiger partial charge in [0.25, 0.3) is 0 Å². The minimum Gasteiger partial charge on any atom is -0.480 e. The number of likely N-dealkylation sites (tertiary alicyclic amines) is 1. The fraction of sp³-hybridized carbons (Fsp3) is 0.576. The van der Waals surface area contributed by atoms with Gasteiger partial charge in [0.05, 0.1) is 5.56 Å². The number of nitrogens with one attached hydrogen (secondary N) is 1. The molecule has 2 fully saturated rings. The van der Waals surface area contributed by atoms with Crippen molar-refractivity contribution in [2.24, 2.45) is 17.8 Å². The molecule has 1 aliphatic heterocycles. The predicted molar refractivity (Wildman–Crippen MR) is 155 cm³/mol. The van der Waals surface area contributed by atoms with Crippen LogP contribution in [0.25, 0.3) is 0 Å². The molecule has 3 unspecified atom stereocenters. The molecule has 0 radical (unpaired) electrons. The van der Waals surface area contributed by atoms with E-state index >= 15 is 0 Å². The highest BCUT2D eigenvalue weighted by molar-refractivity contribution is 5.73. The zero-order chi connectivity index (χ0) is 28.0. The Balaban J connectivity index is 0.000000617. The summed E-state index contributed by atoms with van der Waals surface area (Å²) in [4.78, 5) is 14.1. The largest absolute Gasteiger partial charge is 0.480 e. The Morgan fingerprint density at radius 1 is 1.08 bits per heavy atom. The first-order chi connectivity index (χ1) is 18.8. The lowest BCUT2D eigenvalue weighted by molar-refractivity contribution is -0.140. The van der Waals surface area contributed by atoms with Crippen LogP contribution in [0.2, 0.25) is 0 Å². The fourth-order valence-corrected chi connectivity index (χ4v) is 6.00. The summed E-state index contributed by atoms with van der Waals surface area (Å²) >= 11 is 0. The minimum atomic E-state index is -0.724. The Labute approximate surface area is 234 Å². The predicted octanol–water partition coefficient (Wildman–Crippen LogP) is 6.68. The molecule has 3 atom stereocenters. The lowest BCUT2D eigenvalue weighted by atomic mass is 9.90. The molecule has 2 aromatic rings. The number of rotatable bonds is 11. The molecule has 2 aliphatic rings. The van der Waals surface area contributed by atoms with Crippen LogP contribution in [-0.2, 0) is 11.2 Å². The molecule has 5 nitrogen and oxygen atoms in total. The average Bonchev–Trinajstić information content (AvgIpc) is 3.37. The molecule has 1 saturated carbocycles. The second kappa shape index (κ2) is 16.4. The SMILES string of the molecule is CC(C)CC(NC1CCC(CN2CCC(CCCc3ccc(C#N)c(F)c3)CC2)C1)C(=O)O.c1ccccc1. The van der Waals surface area contributed by atoms with Crippen LogP contribution < -0.4 is 5.32 Å². The number of aliphatic carboxylic acids is 1. The van der Waals surface area contributed by atoms with Crippen molar-refractivity contribution in [2.45, 2.75) is 83.7 Å². The normalized spacial score (nSPS) is 20.7. The number of hydrogen-bond donors (Lipinski definition) is 2. The first-order valence-corrected chi connectivity index (χ1v) is 14.7. The van der Waals surface area contributed by atoms with Gasteiger partial charge in [-0.2, -0.15) is 5.26 Å².